The highest BCUT2D eigenvalue weighted by Gasteiger charge is 2.42. The average Bonchev–Trinajstić information content (AvgIpc) is 2.95. The minimum atomic E-state index is -0.621. The molecule has 7 heteroatoms. The second-order valence-electron chi connectivity index (χ2n) is 7.20. The highest BCUT2D eigenvalue weighted by atomic mass is 35.5. The van der Waals surface area contributed by atoms with Gasteiger partial charge in [0.1, 0.15) is 5.58 Å². The molecule has 150 valence electrons. The fourth-order valence-electron chi connectivity index (χ4n) is 3.92. The molecule has 1 unspecified atom stereocenters. The summed E-state index contributed by atoms with van der Waals surface area (Å²) in [6, 6.07) is 8.21. The molecule has 2 aromatic carbocycles. The monoisotopic (exact) mass is 431 g/mol. The fourth-order valence-corrected chi connectivity index (χ4v) is 4.23. The van der Waals surface area contributed by atoms with Gasteiger partial charge in [-0.15, -0.1) is 0 Å². The Morgan fingerprint density at radius 3 is 2.55 bits per heavy atom. The fraction of sp³-hybridized carbons (Fsp3) is 0.273. The first-order chi connectivity index (χ1) is 13.8. The van der Waals surface area contributed by atoms with Crippen molar-refractivity contribution >= 4 is 40.1 Å². The maximum absolute atomic E-state index is 13.5. The summed E-state index contributed by atoms with van der Waals surface area (Å²) >= 11 is 12.3. The summed E-state index contributed by atoms with van der Waals surface area (Å²) in [6.07, 6.45) is 0. The van der Waals surface area contributed by atoms with Crippen LogP contribution in [0, 0.1) is 13.8 Å². The third kappa shape index (κ3) is 3.23. The van der Waals surface area contributed by atoms with Gasteiger partial charge in [-0.3, -0.25) is 9.59 Å². The molecule has 4 rings (SSSR count). The van der Waals surface area contributed by atoms with Crippen LogP contribution in [0.25, 0.3) is 11.0 Å². The molecule has 5 nitrogen and oxygen atoms in total. The number of carbonyl (C=O) groups excluding carboxylic acids is 1. The summed E-state index contributed by atoms with van der Waals surface area (Å²) in [5, 5.41) is 1.22. The molecule has 1 aliphatic rings. The molecule has 0 saturated heterocycles. The van der Waals surface area contributed by atoms with Gasteiger partial charge >= 0.3 is 0 Å². The second-order valence-corrected chi connectivity index (χ2v) is 8.01. The Bertz CT molecular complexity index is 1200. The molecule has 2 heterocycles. The Balaban J connectivity index is 2.01. The number of carbonyl (C=O) groups is 1. The van der Waals surface area contributed by atoms with Crippen molar-refractivity contribution in [2.24, 2.45) is 0 Å². The van der Waals surface area contributed by atoms with Gasteiger partial charge in [0.15, 0.2) is 5.43 Å². The van der Waals surface area contributed by atoms with E-state index < -0.39 is 6.04 Å². The lowest BCUT2D eigenvalue weighted by Crippen LogP contribution is -2.32. The predicted molar refractivity (Wildman–Crippen MR) is 113 cm³/mol. The van der Waals surface area contributed by atoms with Crippen molar-refractivity contribution in [3.8, 4) is 0 Å². The Morgan fingerprint density at radius 2 is 1.86 bits per heavy atom. The zero-order valence-corrected chi connectivity index (χ0v) is 17.7. The second kappa shape index (κ2) is 7.48. The zero-order valence-electron chi connectivity index (χ0n) is 16.2. The smallest absolute Gasteiger partial charge is 0.290 e. The lowest BCUT2D eigenvalue weighted by atomic mass is 9.97. The molecule has 29 heavy (non-hydrogen) atoms. The SMILES string of the molecule is COCCN1C(=O)c2oc3c(C)cc(C)cc3c(=O)c2C1c1ccc(Cl)c(Cl)c1. The number of methoxy groups -OCH3 is 1. The number of amides is 1. The van der Waals surface area contributed by atoms with Crippen molar-refractivity contribution in [1.82, 2.24) is 4.90 Å². The summed E-state index contributed by atoms with van der Waals surface area (Å²) in [5.74, 6) is -0.270. The van der Waals surface area contributed by atoms with Crippen LogP contribution in [0.5, 0.6) is 0 Å². The first kappa shape index (κ1) is 20.0. The molecule has 1 atom stereocenters. The first-order valence-corrected chi connectivity index (χ1v) is 9.92. The van der Waals surface area contributed by atoms with Crippen LogP contribution in [0.1, 0.15) is 38.9 Å². The van der Waals surface area contributed by atoms with E-state index in [1.54, 1.807) is 36.3 Å². The number of hydrogen-bond acceptors (Lipinski definition) is 4. The van der Waals surface area contributed by atoms with Gasteiger partial charge in [0.2, 0.25) is 5.76 Å². The average molecular weight is 432 g/mol. The van der Waals surface area contributed by atoms with Crippen LogP contribution in [0.3, 0.4) is 0 Å². The van der Waals surface area contributed by atoms with Gasteiger partial charge in [0.05, 0.1) is 33.6 Å². The van der Waals surface area contributed by atoms with Crippen molar-refractivity contribution in [3.63, 3.8) is 0 Å². The molecule has 0 spiro atoms. The minimum absolute atomic E-state index is 0.0710. The molecular formula is C22H19Cl2NO4. The molecule has 0 fully saturated rings. The molecule has 1 aliphatic heterocycles. The van der Waals surface area contributed by atoms with E-state index in [2.05, 4.69) is 0 Å². The third-order valence-electron chi connectivity index (χ3n) is 5.19. The van der Waals surface area contributed by atoms with E-state index in [-0.39, 0.29) is 17.1 Å². The first-order valence-electron chi connectivity index (χ1n) is 9.16. The lowest BCUT2D eigenvalue weighted by molar-refractivity contribution is 0.0663. The molecule has 0 saturated carbocycles. The van der Waals surface area contributed by atoms with E-state index in [0.717, 1.165) is 11.1 Å². The number of rotatable bonds is 4. The third-order valence-corrected chi connectivity index (χ3v) is 5.93. The molecule has 0 aliphatic carbocycles. The largest absolute Gasteiger partial charge is 0.450 e. The van der Waals surface area contributed by atoms with Crippen LogP contribution in [-0.2, 0) is 4.74 Å². The van der Waals surface area contributed by atoms with Gasteiger partial charge in [-0.1, -0.05) is 35.3 Å². The van der Waals surface area contributed by atoms with E-state index in [4.69, 9.17) is 32.4 Å². The summed E-state index contributed by atoms with van der Waals surface area (Å²) < 4.78 is 11.2. The van der Waals surface area contributed by atoms with Gasteiger partial charge in [-0.05, 0) is 48.7 Å². The lowest BCUT2D eigenvalue weighted by Gasteiger charge is -2.25. The highest BCUT2D eigenvalue weighted by molar-refractivity contribution is 6.42. The molecule has 0 bridgehead atoms. The van der Waals surface area contributed by atoms with E-state index in [0.29, 0.717) is 45.3 Å². The van der Waals surface area contributed by atoms with Gasteiger partial charge in [0.25, 0.3) is 5.91 Å². The molecular weight excluding hydrogens is 413 g/mol. The van der Waals surface area contributed by atoms with Crippen molar-refractivity contribution in [2.75, 3.05) is 20.3 Å². The van der Waals surface area contributed by atoms with Crippen LogP contribution in [0.2, 0.25) is 10.0 Å². The number of hydrogen-bond donors (Lipinski definition) is 0. The zero-order chi connectivity index (χ0) is 20.9. The van der Waals surface area contributed by atoms with Crippen molar-refractivity contribution in [1.29, 1.82) is 0 Å². The topological polar surface area (TPSA) is 59.8 Å². The summed E-state index contributed by atoms with van der Waals surface area (Å²) in [6.45, 7) is 4.41. The maximum atomic E-state index is 13.5. The number of benzene rings is 2. The summed E-state index contributed by atoms with van der Waals surface area (Å²) in [7, 11) is 1.56. The maximum Gasteiger partial charge on any atom is 0.290 e. The Labute approximate surface area is 177 Å². The number of ether oxygens (including phenoxy) is 1. The van der Waals surface area contributed by atoms with Crippen LogP contribution in [0.4, 0.5) is 0 Å². The van der Waals surface area contributed by atoms with Crippen LogP contribution in [-0.4, -0.2) is 31.1 Å². The highest BCUT2D eigenvalue weighted by Crippen LogP contribution is 2.40. The van der Waals surface area contributed by atoms with Gasteiger partial charge < -0.3 is 14.1 Å². The van der Waals surface area contributed by atoms with Gasteiger partial charge in [0, 0.05) is 13.7 Å². The molecule has 3 aromatic rings. The van der Waals surface area contributed by atoms with Gasteiger partial charge in [-0.25, -0.2) is 0 Å². The van der Waals surface area contributed by atoms with E-state index in [9.17, 15) is 9.59 Å². The number of nitrogens with zero attached hydrogens (tertiary/aromatic N) is 1. The normalized spacial score (nSPS) is 16.0. The van der Waals surface area contributed by atoms with Crippen molar-refractivity contribution in [3.05, 3.63) is 78.6 Å². The quantitative estimate of drug-likeness (QED) is 0.588. The van der Waals surface area contributed by atoms with Gasteiger partial charge in [-0.2, -0.15) is 0 Å². The molecule has 1 aromatic heterocycles. The number of aryl methyl sites for hydroxylation is 2. The number of halogens is 2. The Kier molecular flexibility index (Phi) is 5.15. The van der Waals surface area contributed by atoms with Crippen LogP contribution >= 0.6 is 23.2 Å². The Hall–Kier alpha value is -2.34. The van der Waals surface area contributed by atoms with Crippen LogP contribution in [0.15, 0.2) is 39.5 Å². The minimum Gasteiger partial charge on any atom is -0.450 e. The molecule has 0 N–H and O–H groups in total. The van der Waals surface area contributed by atoms with Crippen molar-refractivity contribution in [2.45, 2.75) is 19.9 Å². The summed E-state index contributed by atoms with van der Waals surface area (Å²) in [4.78, 5) is 28.3. The van der Waals surface area contributed by atoms with Crippen molar-refractivity contribution < 1.29 is 13.9 Å². The predicted octanol–water partition coefficient (Wildman–Crippen LogP) is 4.91. The molecule has 1 amide bonds. The number of fused-ring (bicyclic) bond motifs is 2. The van der Waals surface area contributed by atoms with Crippen LogP contribution < -0.4 is 5.43 Å². The van der Waals surface area contributed by atoms with E-state index >= 15 is 0 Å². The standard InChI is InChI=1S/C22H19Cl2NO4/c1-11-8-12(2)20-14(9-11)19(26)17-18(13-4-5-15(23)16(24)10-13)25(6-7-28-3)22(27)21(17)29-20/h4-5,8-10,18H,6-7H2,1-3H3. The molecule has 0 radical (unpaired) electrons. The Morgan fingerprint density at radius 1 is 1.10 bits per heavy atom. The van der Waals surface area contributed by atoms with E-state index in [1.165, 1.54) is 0 Å². The summed E-state index contributed by atoms with van der Waals surface area (Å²) in [5.41, 5.74) is 3.01. The van der Waals surface area contributed by atoms with E-state index in [1.807, 2.05) is 19.9 Å².